The summed E-state index contributed by atoms with van der Waals surface area (Å²) in [5.74, 6) is -0.215. The maximum Gasteiger partial charge on any atom is 0.323 e. The Kier molecular flexibility index (Phi) is 5.04. The molecule has 1 heterocycles. The van der Waals surface area contributed by atoms with Crippen LogP contribution >= 0.6 is 11.6 Å². The van der Waals surface area contributed by atoms with Crippen LogP contribution in [0.25, 0.3) is 0 Å². The van der Waals surface area contributed by atoms with Gasteiger partial charge in [0.15, 0.2) is 0 Å². The molecule has 0 aromatic heterocycles. The van der Waals surface area contributed by atoms with E-state index in [0.29, 0.717) is 27.7 Å². The number of imide groups is 1. The van der Waals surface area contributed by atoms with Gasteiger partial charge >= 0.3 is 6.03 Å². The third-order valence-electron chi connectivity index (χ3n) is 4.22. The summed E-state index contributed by atoms with van der Waals surface area (Å²) < 4.78 is 5.07. The largest absolute Gasteiger partial charge is 0.495 e. The van der Waals surface area contributed by atoms with Crippen LogP contribution in [0.4, 0.5) is 16.2 Å². The average molecular weight is 402 g/mol. The fourth-order valence-corrected chi connectivity index (χ4v) is 3.22. The number of rotatable bonds is 3. The minimum absolute atomic E-state index is 0.269. The molecule has 0 fully saturated rings. The number of nitrogens with zero attached hydrogens (tertiary/aromatic N) is 1. The third-order valence-corrected chi connectivity index (χ3v) is 4.52. The normalized spacial score (nSPS) is 13.4. The van der Waals surface area contributed by atoms with Gasteiger partial charge in [-0.05, 0) is 57.2 Å². The summed E-state index contributed by atoms with van der Waals surface area (Å²) in [7, 11) is 1.50. The summed E-state index contributed by atoms with van der Waals surface area (Å²) in [5.41, 5.74) is 0.839. The summed E-state index contributed by atoms with van der Waals surface area (Å²) in [6.07, 6.45) is 0. The lowest BCUT2D eigenvalue weighted by atomic mass is 10.1. The number of amides is 4. The molecule has 2 aromatic carbocycles. The molecule has 0 aliphatic carbocycles. The molecule has 3 rings (SSSR count). The van der Waals surface area contributed by atoms with Crippen molar-refractivity contribution in [2.24, 2.45) is 0 Å². The number of anilines is 2. The van der Waals surface area contributed by atoms with E-state index in [0.717, 1.165) is 0 Å². The zero-order chi connectivity index (χ0) is 20.6. The molecule has 7 nitrogen and oxygen atoms in total. The molecule has 4 amide bonds. The van der Waals surface area contributed by atoms with Gasteiger partial charge in [0, 0.05) is 16.9 Å². The number of halogens is 1. The monoisotopic (exact) mass is 401 g/mol. The quantitative estimate of drug-likeness (QED) is 0.747. The average Bonchev–Trinajstić information content (AvgIpc) is 2.85. The molecule has 2 N–H and O–H groups in total. The predicted molar refractivity (Wildman–Crippen MR) is 107 cm³/mol. The molecule has 146 valence electrons. The topological polar surface area (TPSA) is 87.7 Å². The smallest absolute Gasteiger partial charge is 0.323 e. The zero-order valence-corrected chi connectivity index (χ0v) is 16.7. The van der Waals surface area contributed by atoms with Crippen molar-refractivity contribution in [1.82, 2.24) is 4.90 Å². The molecule has 2 aromatic rings. The highest BCUT2D eigenvalue weighted by atomic mass is 35.5. The van der Waals surface area contributed by atoms with E-state index in [9.17, 15) is 14.4 Å². The first-order chi connectivity index (χ1) is 13.1. The number of carbonyl (C=O) groups excluding carboxylic acids is 3. The van der Waals surface area contributed by atoms with E-state index in [-0.39, 0.29) is 17.4 Å². The highest BCUT2D eigenvalue weighted by molar-refractivity contribution is 6.32. The van der Waals surface area contributed by atoms with Crippen LogP contribution in [0.3, 0.4) is 0 Å². The van der Waals surface area contributed by atoms with Crippen molar-refractivity contribution in [3.05, 3.63) is 52.5 Å². The Morgan fingerprint density at radius 3 is 2.11 bits per heavy atom. The molecule has 1 aliphatic heterocycles. The number of hydrogen-bond acceptors (Lipinski definition) is 4. The highest BCUT2D eigenvalue weighted by Gasteiger charge is 2.41. The fourth-order valence-electron chi connectivity index (χ4n) is 2.97. The summed E-state index contributed by atoms with van der Waals surface area (Å²) in [4.78, 5) is 38.6. The Morgan fingerprint density at radius 2 is 1.54 bits per heavy atom. The lowest BCUT2D eigenvalue weighted by Crippen LogP contribution is -2.45. The number of hydrogen-bond donors (Lipinski definition) is 2. The number of fused-ring (bicyclic) bond motifs is 1. The molecule has 28 heavy (non-hydrogen) atoms. The molecule has 0 saturated heterocycles. The van der Waals surface area contributed by atoms with Gasteiger partial charge in [-0.25, -0.2) is 4.79 Å². The van der Waals surface area contributed by atoms with E-state index in [1.54, 1.807) is 51.1 Å². The zero-order valence-electron chi connectivity index (χ0n) is 15.9. The summed E-state index contributed by atoms with van der Waals surface area (Å²) >= 11 is 6.05. The van der Waals surface area contributed by atoms with Gasteiger partial charge in [0.25, 0.3) is 11.8 Å². The highest BCUT2D eigenvalue weighted by Crippen LogP contribution is 2.31. The van der Waals surface area contributed by atoms with Crippen LogP contribution in [-0.2, 0) is 0 Å². The van der Waals surface area contributed by atoms with Gasteiger partial charge in [0.2, 0.25) is 0 Å². The second-order valence-corrected chi connectivity index (χ2v) is 7.71. The van der Waals surface area contributed by atoms with E-state index in [1.165, 1.54) is 18.1 Å². The number of carbonyl (C=O) groups is 3. The maximum absolute atomic E-state index is 12.6. The predicted octanol–water partition coefficient (Wildman–Crippen LogP) is 4.39. The molecule has 1 aliphatic rings. The molecular weight excluding hydrogens is 382 g/mol. The van der Waals surface area contributed by atoms with E-state index in [2.05, 4.69) is 10.6 Å². The molecule has 0 saturated carbocycles. The standard InChI is InChI=1S/C20H20ClN3O4/c1-20(2,3)24-17(25)13-7-5-11(9-14(13)18(24)26)22-19(27)23-12-6-8-16(28-4)15(21)10-12/h5-10H,1-4H3,(H2,22,23,27). The van der Waals surface area contributed by atoms with E-state index in [4.69, 9.17) is 16.3 Å². The van der Waals surface area contributed by atoms with Crippen LogP contribution in [0.15, 0.2) is 36.4 Å². The van der Waals surface area contributed by atoms with Crippen molar-refractivity contribution in [3.63, 3.8) is 0 Å². The first kappa shape index (κ1) is 19.7. The molecule has 0 radical (unpaired) electrons. The Hall–Kier alpha value is -3.06. The second kappa shape index (κ2) is 7.16. The SMILES string of the molecule is COc1ccc(NC(=O)Nc2ccc3c(c2)C(=O)N(C(C)(C)C)C3=O)cc1Cl. The third kappa shape index (κ3) is 3.66. The molecule has 8 heteroatoms. The lowest BCUT2D eigenvalue weighted by Gasteiger charge is -2.29. The number of ether oxygens (including phenoxy) is 1. The molecule has 0 unspecified atom stereocenters. The number of nitrogens with one attached hydrogen (secondary N) is 2. The van der Waals surface area contributed by atoms with Gasteiger partial charge in [-0.15, -0.1) is 0 Å². The first-order valence-electron chi connectivity index (χ1n) is 8.56. The minimum Gasteiger partial charge on any atom is -0.495 e. The lowest BCUT2D eigenvalue weighted by molar-refractivity contribution is 0.0507. The van der Waals surface area contributed by atoms with Gasteiger partial charge in [0.1, 0.15) is 5.75 Å². The number of benzene rings is 2. The van der Waals surface area contributed by atoms with Gasteiger partial charge in [-0.3, -0.25) is 14.5 Å². The summed E-state index contributed by atoms with van der Waals surface area (Å²) in [6, 6.07) is 8.96. The molecule has 0 atom stereocenters. The Morgan fingerprint density at radius 1 is 0.964 bits per heavy atom. The van der Waals surface area contributed by atoms with Crippen molar-refractivity contribution in [2.45, 2.75) is 26.3 Å². The van der Waals surface area contributed by atoms with Gasteiger partial charge in [-0.2, -0.15) is 0 Å². The Balaban J connectivity index is 1.76. The van der Waals surface area contributed by atoms with Crippen molar-refractivity contribution >= 4 is 40.8 Å². The van der Waals surface area contributed by atoms with Crippen LogP contribution in [0, 0.1) is 0 Å². The van der Waals surface area contributed by atoms with Crippen LogP contribution < -0.4 is 15.4 Å². The van der Waals surface area contributed by atoms with E-state index < -0.39 is 11.6 Å². The minimum atomic E-state index is -0.633. The molecular formula is C20H20ClN3O4. The van der Waals surface area contributed by atoms with Crippen LogP contribution in [0.2, 0.25) is 5.02 Å². The van der Waals surface area contributed by atoms with E-state index >= 15 is 0 Å². The van der Waals surface area contributed by atoms with Crippen molar-refractivity contribution in [1.29, 1.82) is 0 Å². The van der Waals surface area contributed by atoms with Crippen LogP contribution in [0.1, 0.15) is 41.5 Å². The summed E-state index contributed by atoms with van der Waals surface area (Å²) in [6.45, 7) is 5.38. The molecule has 0 bridgehead atoms. The van der Waals surface area contributed by atoms with Gasteiger partial charge in [-0.1, -0.05) is 11.6 Å². The fraction of sp³-hybridized carbons (Fsp3) is 0.250. The van der Waals surface area contributed by atoms with Crippen molar-refractivity contribution < 1.29 is 19.1 Å². The second-order valence-electron chi connectivity index (χ2n) is 7.31. The van der Waals surface area contributed by atoms with Crippen LogP contribution in [0.5, 0.6) is 5.75 Å². The van der Waals surface area contributed by atoms with Gasteiger partial charge < -0.3 is 15.4 Å². The Bertz CT molecular complexity index is 982. The van der Waals surface area contributed by atoms with Crippen molar-refractivity contribution in [3.8, 4) is 5.75 Å². The van der Waals surface area contributed by atoms with E-state index in [1.807, 2.05) is 0 Å². The van der Waals surface area contributed by atoms with Crippen molar-refractivity contribution in [2.75, 3.05) is 17.7 Å². The number of urea groups is 1. The molecule has 0 spiro atoms. The first-order valence-corrected chi connectivity index (χ1v) is 8.94. The maximum atomic E-state index is 12.6. The Labute approximate surface area is 167 Å². The van der Waals surface area contributed by atoms with Gasteiger partial charge in [0.05, 0.1) is 23.3 Å². The van der Waals surface area contributed by atoms with Crippen LogP contribution in [-0.4, -0.2) is 35.4 Å². The number of methoxy groups -OCH3 is 1. The summed E-state index contributed by atoms with van der Waals surface area (Å²) in [5, 5.41) is 5.67.